The fourth-order valence-corrected chi connectivity index (χ4v) is 2.96. The average molecular weight is 299 g/mol. The second-order valence-electron chi connectivity index (χ2n) is 5.90. The topological polar surface area (TPSA) is 77.0 Å². The van der Waals surface area contributed by atoms with E-state index in [-0.39, 0.29) is 11.9 Å². The summed E-state index contributed by atoms with van der Waals surface area (Å²) in [5.41, 5.74) is 7.09. The van der Waals surface area contributed by atoms with Crippen molar-refractivity contribution in [1.29, 1.82) is 0 Å². The summed E-state index contributed by atoms with van der Waals surface area (Å²) >= 11 is 0. The molecular weight excluding hydrogens is 278 g/mol. The minimum Gasteiger partial charge on any atom is -0.333 e. The van der Waals surface area contributed by atoms with Crippen molar-refractivity contribution in [1.82, 2.24) is 19.9 Å². The van der Waals surface area contributed by atoms with E-state index in [0.717, 1.165) is 25.1 Å². The Bertz CT molecular complexity index is 639. The number of para-hydroxylation sites is 1. The van der Waals surface area contributed by atoms with E-state index < -0.39 is 0 Å². The van der Waals surface area contributed by atoms with Crippen LogP contribution in [-0.2, 0) is 0 Å². The largest absolute Gasteiger partial charge is 0.333 e. The molecule has 1 aliphatic rings. The van der Waals surface area contributed by atoms with Gasteiger partial charge in [0.15, 0.2) is 5.69 Å². The zero-order valence-corrected chi connectivity index (χ0v) is 12.7. The molecule has 2 heterocycles. The Morgan fingerprint density at radius 3 is 2.86 bits per heavy atom. The maximum Gasteiger partial charge on any atom is 0.276 e. The molecule has 0 bridgehead atoms. The Morgan fingerprint density at radius 1 is 1.36 bits per heavy atom. The summed E-state index contributed by atoms with van der Waals surface area (Å²) in [6.07, 6.45) is 3.65. The Labute approximate surface area is 129 Å². The molecule has 116 valence electrons. The van der Waals surface area contributed by atoms with Crippen LogP contribution in [0.2, 0.25) is 0 Å². The number of hydrogen-bond acceptors (Lipinski definition) is 4. The average Bonchev–Trinajstić information content (AvgIpc) is 3.05. The summed E-state index contributed by atoms with van der Waals surface area (Å²) in [6, 6.07) is 9.73. The third-order valence-electron chi connectivity index (χ3n) is 4.24. The highest BCUT2D eigenvalue weighted by atomic mass is 16.2. The highest BCUT2D eigenvalue weighted by Gasteiger charge is 2.30. The molecule has 2 unspecified atom stereocenters. The predicted molar refractivity (Wildman–Crippen MR) is 83.6 cm³/mol. The van der Waals surface area contributed by atoms with Gasteiger partial charge in [-0.2, -0.15) is 0 Å². The zero-order valence-electron chi connectivity index (χ0n) is 12.7. The first-order valence-corrected chi connectivity index (χ1v) is 7.68. The van der Waals surface area contributed by atoms with Gasteiger partial charge < -0.3 is 10.6 Å². The van der Waals surface area contributed by atoms with Gasteiger partial charge in [-0.15, -0.1) is 5.10 Å². The first kappa shape index (κ1) is 14.7. The second-order valence-corrected chi connectivity index (χ2v) is 5.90. The van der Waals surface area contributed by atoms with Gasteiger partial charge >= 0.3 is 0 Å². The Kier molecular flexibility index (Phi) is 4.20. The summed E-state index contributed by atoms with van der Waals surface area (Å²) in [7, 11) is 0. The molecule has 6 heteroatoms. The minimum absolute atomic E-state index is 0.0791. The summed E-state index contributed by atoms with van der Waals surface area (Å²) in [6.45, 7) is 3.43. The number of likely N-dealkylation sites (tertiary alicyclic amines) is 1. The summed E-state index contributed by atoms with van der Waals surface area (Å²) < 4.78 is 1.62. The third-order valence-corrected chi connectivity index (χ3v) is 4.24. The number of aromatic nitrogens is 3. The first-order valence-electron chi connectivity index (χ1n) is 7.68. The SMILES string of the molecule is CC1CCN(C(=O)c2cn(-c3ccccc3)nn2)C(CN)C1. The van der Waals surface area contributed by atoms with Crippen LogP contribution < -0.4 is 5.73 Å². The van der Waals surface area contributed by atoms with Crippen molar-refractivity contribution in [2.75, 3.05) is 13.1 Å². The van der Waals surface area contributed by atoms with Crippen molar-refractivity contribution in [2.45, 2.75) is 25.8 Å². The third kappa shape index (κ3) is 2.87. The second kappa shape index (κ2) is 6.27. The number of rotatable bonds is 3. The molecule has 1 aromatic heterocycles. The number of benzene rings is 1. The molecule has 2 N–H and O–H groups in total. The number of nitrogens with two attached hydrogens (primary N) is 1. The molecule has 22 heavy (non-hydrogen) atoms. The van der Waals surface area contributed by atoms with Crippen LogP contribution in [0.15, 0.2) is 36.5 Å². The van der Waals surface area contributed by atoms with E-state index in [2.05, 4.69) is 17.2 Å². The standard InChI is InChI=1S/C16H21N5O/c1-12-7-8-20(14(9-12)10-17)16(22)15-11-21(19-18-15)13-5-3-2-4-6-13/h2-6,11-12,14H,7-10,17H2,1H3. The van der Waals surface area contributed by atoms with Crippen LogP contribution >= 0.6 is 0 Å². The fourth-order valence-electron chi connectivity index (χ4n) is 2.96. The van der Waals surface area contributed by atoms with Crippen molar-refractivity contribution in [3.8, 4) is 5.69 Å². The molecule has 1 fully saturated rings. The number of nitrogens with zero attached hydrogens (tertiary/aromatic N) is 4. The van der Waals surface area contributed by atoms with Gasteiger partial charge in [-0.3, -0.25) is 4.79 Å². The van der Waals surface area contributed by atoms with E-state index >= 15 is 0 Å². The van der Waals surface area contributed by atoms with Crippen molar-refractivity contribution < 1.29 is 4.79 Å². The van der Waals surface area contributed by atoms with E-state index in [1.165, 1.54) is 0 Å². The molecule has 1 amide bonds. The molecule has 0 aliphatic carbocycles. The Hall–Kier alpha value is -2.21. The highest BCUT2D eigenvalue weighted by molar-refractivity contribution is 5.92. The molecular formula is C16H21N5O. The molecule has 0 radical (unpaired) electrons. The van der Waals surface area contributed by atoms with E-state index in [0.29, 0.717) is 18.2 Å². The monoisotopic (exact) mass is 299 g/mol. The number of amides is 1. The van der Waals surface area contributed by atoms with Crippen LogP contribution in [0, 0.1) is 5.92 Å². The molecule has 2 atom stereocenters. The van der Waals surface area contributed by atoms with Crippen molar-refractivity contribution >= 4 is 5.91 Å². The van der Waals surface area contributed by atoms with Crippen LogP contribution in [0.5, 0.6) is 0 Å². The maximum atomic E-state index is 12.7. The lowest BCUT2D eigenvalue weighted by molar-refractivity contribution is 0.0567. The maximum absolute atomic E-state index is 12.7. The molecule has 0 saturated carbocycles. The van der Waals surface area contributed by atoms with Crippen LogP contribution in [0.1, 0.15) is 30.3 Å². The molecule has 6 nitrogen and oxygen atoms in total. The number of carbonyl (C=O) groups excluding carboxylic acids is 1. The quantitative estimate of drug-likeness (QED) is 0.931. The number of hydrogen-bond donors (Lipinski definition) is 1. The molecule has 1 aliphatic heterocycles. The summed E-state index contributed by atoms with van der Waals surface area (Å²) in [4.78, 5) is 14.5. The van der Waals surface area contributed by atoms with Gasteiger partial charge in [-0.05, 0) is 30.9 Å². The normalized spacial score (nSPS) is 21.8. The van der Waals surface area contributed by atoms with E-state index in [4.69, 9.17) is 5.73 Å². The van der Waals surface area contributed by atoms with Crippen molar-refractivity contribution in [2.24, 2.45) is 11.7 Å². The van der Waals surface area contributed by atoms with Gasteiger partial charge in [-0.25, -0.2) is 4.68 Å². The van der Waals surface area contributed by atoms with Gasteiger partial charge in [0.25, 0.3) is 5.91 Å². The van der Waals surface area contributed by atoms with Crippen molar-refractivity contribution in [3.63, 3.8) is 0 Å². The molecule has 2 aromatic rings. The van der Waals surface area contributed by atoms with Crippen LogP contribution in [0.4, 0.5) is 0 Å². The fraction of sp³-hybridized carbons (Fsp3) is 0.438. The highest BCUT2D eigenvalue weighted by Crippen LogP contribution is 2.23. The summed E-state index contributed by atoms with van der Waals surface area (Å²) in [5.74, 6) is 0.530. The Morgan fingerprint density at radius 2 is 2.14 bits per heavy atom. The molecule has 3 rings (SSSR count). The number of carbonyl (C=O) groups is 1. The lowest BCUT2D eigenvalue weighted by atomic mass is 9.92. The van der Waals surface area contributed by atoms with Gasteiger partial charge in [0.2, 0.25) is 0 Å². The van der Waals surface area contributed by atoms with Crippen LogP contribution in [0.25, 0.3) is 5.69 Å². The molecule has 0 spiro atoms. The smallest absolute Gasteiger partial charge is 0.276 e. The van der Waals surface area contributed by atoms with Gasteiger partial charge in [0, 0.05) is 19.1 Å². The van der Waals surface area contributed by atoms with Crippen molar-refractivity contribution in [3.05, 3.63) is 42.2 Å². The number of piperidine rings is 1. The van der Waals surface area contributed by atoms with Crippen LogP contribution in [-0.4, -0.2) is 44.9 Å². The van der Waals surface area contributed by atoms with Gasteiger partial charge in [0.1, 0.15) is 0 Å². The first-order chi connectivity index (χ1) is 10.7. The molecule has 1 aromatic carbocycles. The van der Waals surface area contributed by atoms with E-state index in [9.17, 15) is 4.79 Å². The Balaban J connectivity index is 1.79. The summed E-state index contributed by atoms with van der Waals surface area (Å²) in [5, 5.41) is 8.09. The van der Waals surface area contributed by atoms with E-state index in [1.54, 1.807) is 10.9 Å². The predicted octanol–water partition coefficient (Wildman–Crippen LogP) is 1.47. The van der Waals surface area contributed by atoms with E-state index in [1.807, 2.05) is 35.2 Å². The van der Waals surface area contributed by atoms with Crippen LogP contribution in [0.3, 0.4) is 0 Å². The zero-order chi connectivity index (χ0) is 15.5. The minimum atomic E-state index is -0.0791. The lowest BCUT2D eigenvalue weighted by Gasteiger charge is -2.37. The molecule has 1 saturated heterocycles. The lowest BCUT2D eigenvalue weighted by Crippen LogP contribution is -2.49. The van der Waals surface area contributed by atoms with Gasteiger partial charge in [0.05, 0.1) is 11.9 Å². The van der Waals surface area contributed by atoms with Gasteiger partial charge in [-0.1, -0.05) is 30.3 Å².